The molecular weight excluding hydrogens is 1380 g/mol. The molecule has 0 N–H and O–H groups in total. The molecule has 552 valence electrons. The molecule has 29 heteroatoms. The Hall–Kier alpha value is -13.1. The normalized spacial score (nSPS) is 13.6. The summed E-state index contributed by atoms with van der Waals surface area (Å²) in [7, 11) is 6.44. The lowest BCUT2D eigenvalue weighted by Gasteiger charge is -2.35. The lowest BCUT2D eigenvalue weighted by Crippen LogP contribution is -2.50. The van der Waals surface area contributed by atoms with Crippen LogP contribution < -0.4 is 33.6 Å². The summed E-state index contributed by atoms with van der Waals surface area (Å²) in [6.07, 6.45) is 6.95. The van der Waals surface area contributed by atoms with Gasteiger partial charge in [-0.25, -0.2) is 62.1 Å². The van der Waals surface area contributed by atoms with Crippen LogP contribution in [-0.4, -0.2) is 204 Å². The molecule has 12 aromatic rings. The maximum atomic E-state index is 13.6. The highest BCUT2D eigenvalue weighted by molar-refractivity contribution is 5.79. The van der Waals surface area contributed by atoms with Gasteiger partial charge in [0.25, 0.3) is 0 Å². The SMILES string of the molecule is COc1ccc(-c2nc(-c3ccc(F)cc3)n(CC(=O)N3CCN(c4cc(OC)ccn4)CC3)n2)cc1.COc1ccc(-c2nc(-c3ccc(F)cc3)nn2CC(=O)N2CCN(c3cc(C)ccn3)CC2)cc1.COc1ccc(-c2nc(-c3ccc(F)cc3)nn2CC(=O)N2CCN(c3ncccn3)CC2)cc1. The zero-order valence-corrected chi connectivity index (χ0v) is 60.1. The van der Waals surface area contributed by atoms with Crippen LogP contribution in [0.25, 0.3) is 68.3 Å². The van der Waals surface area contributed by atoms with Crippen molar-refractivity contribution in [3.05, 3.63) is 224 Å². The summed E-state index contributed by atoms with van der Waals surface area (Å²) in [5, 5.41) is 13.9. The predicted octanol–water partition coefficient (Wildman–Crippen LogP) is 10.2. The molecule has 0 unspecified atom stereocenters. The van der Waals surface area contributed by atoms with Gasteiger partial charge in [-0.15, -0.1) is 15.3 Å². The number of amides is 3. The standard InChI is InChI=1S/C27H27FN6O3.C27H27FN6O2.C25H24FN7O2/c1-36-22-9-5-19(6-10-22)26-30-27(20-3-7-21(28)8-4-20)34(31-26)18-25(35)33-15-13-32(14-16-33)24-17-23(37-2)11-12-29-24;1-19-11-12-29-24(17-19)32-13-15-33(16-14-32)25(35)18-34-27(21-5-9-23(36-2)10-6-21)30-26(31-34)20-3-7-22(28)8-4-20;1-35-21-9-5-19(6-10-21)24-29-23(18-3-7-20(26)8-4-18)30-33(24)17-22(34)31-13-15-32(16-14-31)25-27-11-2-12-28-25/h3-12,17H,13-16,18H2,1-2H3;3-12,17H,13-16,18H2,1-2H3;2-12H,13-17H2,1H3. The highest BCUT2D eigenvalue weighted by Crippen LogP contribution is 2.30. The first kappa shape index (κ1) is 73.2. The summed E-state index contributed by atoms with van der Waals surface area (Å²) in [6.45, 7) is 9.66. The molecular formula is C79H78F3N19O7. The third-order valence-corrected chi connectivity index (χ3v) is 18.5. The molecule has 9 heterocycles. The van der Waals surface area contributed by atoms with E-state index in [0.717, 1.165) is 56.9 Å². The van der Waals surface area contributed by atoms with Crippen molar-refractivity contribution in [2.75, 3.05) is 122 Å². The quantitative estimate of drug-likeness (QED) is 0.0729. The van der Waals surface area contributed by atoms with Gasteiger partial charge in [0.1, 0.15) is 71.7 Å². The van der Waals surface area contributed by atoms with E-state index in [1.807, 2.05) is 113 Å². The van der Waals surface area contributed by atoms with Crippen molar-refractivity contribution in [2.24, 2.45) is 0 Å². The van der Waals surface area contributed by atoms with Crippen molar-refractivity contribution in [2.45, 2.75) is 26.6 Å². The number of aromatic nitrogens is 13. The molecule has 0 bridgehead atoms. The van der Waals surface area contributed by atoms with Crippen LogP contribution in [0.2, 0.25) is 0 Å². The maximum absolute atomic E-state index is 13.6. The fourth-order valence-electron chi connectivity index (χ4n) is 12.4. The molecule has 3 aliphatic heterocycles. The first-order valence-corrected chi connectivity index (χ1v) is 35.0. The zero-order chi connectivity index (χ0) is 75.0. The Morgan fingerprint density at radius 1 is 0.343 bits per heavy atom. The van der Waals surface area contributed by atoms with Crippen molar-refractivity contribution in [1.82, 2.24) is 78.9 Å². The average Bonchev–Trinajstić information content (AvgIpc) is 1.66. The fourth-order valence-corrected chi connectivity index (χ4v) is 12.4. The van der Waals surface area contributed by atoms with Gasteiger partial charge in [0, 0.05) is 143 Å². The van der Waals surface area contributed by atoms with Crippen LogP contribution in [0, 0.1) is 24.4 Å². The minimum Gasteiger partial charge on any atom is -0.497 e. The maximum Gasteiger partial charge on any atom is 0.244 e. The van der Waals surface area contributed by atoms with E-state index < -0.39 is 0 Å². The summed E-state index contributed by atoms with van der Waals surface area (Å²) in [6, 6.07) is 49.7. The minimum atomic E-state index is -0.343. The summed E-state index contributed by atoms with van der Waals surface area (Å²) >= 11 is 0. The third kappa shape index (κ3) is 18.0. The van der Waals surface area contributed by atoms with E-state index in [4.69, 9.17) is 28.9 Å². The van der Waals surface area contributed by atoms with Crippen molar-refractivity contribution < 1.29 is 46.5 Å². The third-order valence-electron chi connectivity index (χ3n) is 18.5. The van der Waals surface area contributed by atoms with Gasteiger partial charge in [0.05, 0.1) is 28.4 Å². The number of ether oxygens (including phenoxy) is 4. The van der Waals surface area contributed by atoms with Gasteiger partial charge in [0.15, 0.2) is 34.9 Å². The Morgan fingerprint density at radius 3 is 0.991 bits per heavy atom. The first-order chi connectivity index (χ1) is 52.6. The van der Waals surface area contributed by atoms with Crippen LogP contribution in [0.4, 0.5) is 30.8 Å². The highest BCUT2D eigenvalue weighted by atomic mass is 19.1. The summed E-state index contributed by atoms with van der Waals surface area (Å²) < 4.78 is 66.3. The molecule has 15 rings (SSSR count). The number of pyridine rings is 2. The number of carbonyl (C=O) groups is 3. The number of rotatable bonds is 19. The van der Waals surface area contributed by atoms with Crippen LogP contribution >= 0.6 is 0 Å². The Labute approximate surface area is 621 Å². The molecule has 3 amide bonds. The van der Waals surface area contributed by atoms with Gasteiger partial charge in [-0.2, -0.15) is 0 Å². The number of carbonyl (C=O) groups excluding carboxylic acids is 3. The first-order valence-electron chi connectivity index (χ1n) is 35.0. The predicted molar refractivity (Wildman–Crippen MR) is 400 cm³/mol. The van der Waals surface area contributed by atoms with Gasteiger partial charge in [-0.3, -0.25) is 14.4 Å². The number of hydrogen-bond acceptors (Lipinski definition) is 20. The Morgan fingerprint density at radius 2 is 0.648 bits per heavy atom. The van der Waals surface area contributed by atoms with E-state index >= 15 is 0 Å². The van der Waals surface area contributed by atoms with Crippen LogP contribution in [0.1, 0.15) is 5.56 Å². The molecule has 3 saturated heterocycles. The van der Waals surface area contributed by atoms with Gasteiger partial charge in [-0.1, -0.05) is 0 Å². The van der Waals surface area contributed by atoms with Crippen LogP contribution in [-0.2, 0) is 34.0 Å². The topological polar surface area (TPSA) is 251 Å². The Bertz CT molecular complexity index is 4990. The van der Waals surface area contributed by atoms with E-state index in [1.54, 1.807) is 110 Å². The minimum absolute atomic E-state index is 0.0211. The molecule has 3 aliphatic rings. The molecule has 3 fully saturated rings. The molecule has 0 atom stereocenters. The van der Waals surface area contributed by atoms with Crippen molar-refractivity contribution >= 4 is 35.3 Å². The van der Waals surface area contributed by atoms with Crippen molar-refractivity contribution in [1.29, 1.82) is 0 Å². The summed E-state index contributed by atoms with van der Waals surface area (Å²) in [5.41, 5.74) is 5.57. The number of aryl methyl sites for hydroxylation is 1. The van der Waals surface area contributed by atoms with Crippen molar-refractivity contribution in [3.8, 4) is 91.3 Å². The highest BCUT2D eigenvalue weighted by Gasteiger charge is 2.29. The molecule has 6 aromatic carbocycles. The van der Waals surface area contributed by atoms with E-state index in [0.29, 0.717) is 136 Å². The molecule has 0 aliphatic carbocycles. The molecule has 0 radical (unpaired) electrons. The van der Waals surface area contributed by atoms with Gasteiger partial charge in [0.2, 0.25) is 23.7 Å². The Balaban J connectivity index is 0.000000143. The van der Waals surface area contributed by atoms with Crippen LogP contribution in [0.3, 0.4) is 0 Å². The smallest absolute Gasteiger partial charge is 0.244 e. The van der Waals surface area contributed by atoms with E-state index in [-0.39, 0.29) is 54.8 Å². The molecule has 0 spiro atoms. The number of benzene rings is 6. The number of halogens is 3. The van der Waals surface area contributed by atoms with E-state index in [9.17, 15) is 27.6 Å². The van der Waals surface area contributed by atoms with E-state index in [1.165, 1.54) is 36.4 Å². The van der Waals surface area contributed by atoms with Crippen LogP contribution in [0.15, 0.2) is 201 Å². The Kier molecular flexibility index (Phi) is 23.2. The lowest BCUT2D eigenvalue weighted by molar-refractivity contribution is -0.133. The monoisotopic (exact) mass is 1460 g/mol. The van der Waals surface area contributed by atoms with Gasteiger partial charge >= 0.3 is 0 Å². The lowest BCUT2D eigenvalue weighted by atomic mass is 10.2. The molecule has 0 saturated carbocycles. The van der Waals surface area contributed by atoms with Crippen LogP contribution in [0.5, 0.6) is 23.0 Å². The molecule has 6 aromatic heterocycles. The fraction of sp³-hybridized carbons (Fsp3) is 0.253. The largest absolute Gasteiger partial charge is 0.497 e. The molecule has 26 nitrogen and oxygen atoms in total. The second-order valence-electron chi connectivity index (χ2n) is 25.4. The summed E-state index contributed by atoms with van der Waals surface area (Å²) in [5.74, 6) is 7.13. The average molecular weight is 1460 g/mol. The van der Waals surface area contributed by atoms with E-state index in [2.05, 4.69) is 61.0 Å². The second kappa shape index (κ2) is 34.2. The van der Waals surface area contributed by atoms with Gasteiger partial charge in [-0.05, 0) is 182 Å². The van der Waals surface area contributed by atoms with Crippen molar-refractivity contribution in [3.63, 3.8) is 0 Å². The number of anilines is 3. The number of piperazine rings is 3. The summed E-state index contributed by atoms with van der Waals surface area (Å²) in [4.78, 5) is 83.2. The molecule has 108 heavy (non-hydrogen) atoms. The number of nitrogens with zero attached hydrogens (tertiary/aromatic N) is 19. The zero-order valence-electron chi connectivity index (χ0n) is 60.1. The number of hydrogen-bond donors (Lipinski definition) is 0. The number of methoxy groups -OCH3 is 4. The van der Waals surface area contributed by atoms with Gasteiger partial charge < -0.3 is 48.3 Å². The second-order valence-corrected chi connectivity index (χ2v) is 25.4.